The maximum atomic E-state index is 12.1. The smallest absolute Gasteiger partial charge is 0.234 e. The van der Waals surface area contributed by atoms with Gasteiger partial charge in [-0.05, 0) is 26.8 Å². The summed E-state index contributed by atoms with van der Waals surface area (Å²) in [7, 11) is 0. The highest BCUT2D eigenvalue weighted by Gasteiger charge is 2.12. The van der Waals surface area contributed by atoms with Crippen LogP contribution in [-0.2, 0) is 0 Å². The van der Waals surface area contributed by atoms with Gasteiger partial charge in [0.2, 0.25) is 11.2 Å². The van der Waals surface area contributed by atoms with Gasteiger partial charge in [-0.1, -0.05) is 37.0 Å². The van der Waals surface area contributed by atoms with Crippen molar-refractivity contribution < 1.29 is 9.52 Å². The molecule has 0 aliphatic carbocycles. The SMILES string of the molecule is C=C/C(=C\C=C/C)c1oc(=C/C)/c(=C\C)c(=O)c1O. The van der Waals surface area contributed by atoms with E-state index in [9.17, 15) is 9.90 Å². The van der Waals surface area contributed by atoms with E-state index in [0.29, 0.717) is 16.2 Å². The van der Waals surface area contributed by atoms with Crippen LogP contribution < -0.4 is 16.1 Å². The molecule has 1 aromatic heterocycles. The van der Waals surface area contributed by atoms with Crippen LogP contribution >= 0.6 is 0 Å². The maximum absolute atomic E-state index is 12.1. The summed E-state index contributed by atoms with van der Waals surface area (Å²) >= 11 is 0. The quantitative estimate of drug-likeness (QED) is 0.845. The molecule has 1 heterocycles. The van der Waals surface area contributed by atoms with Gasteiger partial charge in [-0.3, -0.25) is 4.79 Å². The van der Waals surface area contributed by atoms with Gasteiger partial charge in [0.1, 0.15) is 5.42 Å². The lowest BCUT2D eigenvalue weighted by atomic mass is 10.1. The van der Waals surface area contributed by atoms with E-state index in [2.05, 4.69) is 6.58 Å². The molecule has 1 N–H and O–H groups in total. The lowest BCUT2D eigenvalue weighted by Crippen LogP contribution is -2.38. The van der Waals surface area contributed by atoms with Crippen molar-refractivity contribution in [1.29, 1.82) is 0 Å². The molecule has 0 atom stereocenters. The molecule has 0 amide bonds. The zero-order valence-corrected chi connectivity index (χ0v) is 11.4. The average Bonchev–Trinajstić information content (AvgIpc) is 2.43. The molecule has 1 aromatic rings. The fraction of sp³-hybridized carbons (Fsp3) is 0.188. The summed E-state index contributed by atoms with van der Waals surface area (Å²) in [5.41, 5.74) is 0.553. The zero-order valence-electron chi connectivity index (χ0n) is 11.4. The molecule has 100 valence electrons. The summed E-state index contributed by atoms with van der Waals surface area (Å²) in [6.45, 7) is 9.03. The highest BCUT2D eigenvalue weighted by molar-refractivity contribution is 5.74. The fourth-order valence-corrected chi connectivity index (χ4v) is 1.68. The first-order valence-corrected chi connectivity index (χ1v) is 6.05. The predicted octanol–water partition coefficient (Wildman–Crippen LogP) is 2.09. The second kappa shape index (κ2) is 6.59. The third kappa shape index (κ3) is 2.94. The summed E-state index contributed by atoms with van der Waals surface area (Å²) in [6.07, 6.45) is 10.2. The molecule has 0 aliphatic heterocycles. The van der Waals surface area contributed by atoms with E-state index in [-0.39, 0.29) is 5.76 Å². The van der Waals surface area contributed by atoms with Crippen molar-refractivity contribution in [2.45, 2.75) is 20.8 Å². The molecule has 0 bridgehead atoms. The Labute approximate surface area is 112 Å². The lowest BCUT2D eigenvalue weighted by Gasteiger charge is -2.04. The molecule has 3 nitrogen and oxygen atoms in total. The van der Waals surface area contributed by atoms with Gasteiger partial charge in [0.05, 0.1) is 5.22 Å². The first-order chi connectivity index (χ1) is 9.10. The largest absolute Gasteiger partial charge is 0.502 e. The number of hydrogen-bond acceptors (Lipinski definition) is 3. The first kappa shape index (κ1) is 14.8. The number of aromatic hydroxyl groups is 1. The van der Waals surface area contributed by atoms with Crippen LogP contribution in [0.1, 0.15) is 26.5 Å². The molecule has 0 radical (unpaired) electrons. The van der Waals surface area contributed by atoms with Crippen molar-refractivity contribution in [3.63, 3.8) is 0 Å². The van der Waals surface area contributed by atoms with Crippen molar-refractivity contribution in [2.24, 2.45) is 0 Å². The molecule has 0 fully saturated rings. The van der Waals surface area contributed by atoms with Crippen LogP contribution in [0.25, 0.3) is 17.7 Å². The molecular formula is C16H18O3. The standard InChI is InChI=1S/C16H18O3/c1-5-9-10-11(6-2)16-15(18)14(17)12(7-3)13(8-4)19-16/h5-10,18H,2H2,1,3-4H3/b9-5-,11-10+,12-7+,13-8+. The maximum Gasteiger partial charge on any atom is 0.234 e. The minimum atomic E-state index is -0.440. The van der Waals surface area contributed by atoms with Gasteiger partial charge < -0.3 is 9.52 Å². The summed E-state index contributed by atoms with van der Waals surface area (Å²) in [5, 5.41) is 10.3. The summed E-state index contributed by atoms with van der Waals surface area (Å²) in [4.78, 5) is 12.1. The van der Waals surface area contributed by atoms with Gasteiger partial charge in [-0.2, -0.15) is 0 Å². The van der Waals surface area contributed by atoms with Crippen molar-refractivity contribution in [3.8, 4) is 5.75 Å². The van der Waals surface area contributed by atoms with Gasteiger partial charge in [0.15, 0.2) is 5.76 Å². The van der Waals surface area contributed by atoms with E-state index >= 15 is 0 Å². The normalized spacial score (nSPS) is 14.4. The third-order valence-corrected chi connectivity index (χ3v) is 2.65. The van der Waals surface area contributed by atoms with E-state index in [0.717, 1.165) is 0 Å². The van der Waals surface area contributed by atoms with E-state index in [1.807, 2.05) is 13.0 Å². The third-order valence-electron chi connectivity index (χ3n) is 2.65. The molecule has 3 heteroatoms. The fourth-order valence-electron chi connectivity index (χ4n) is 1.68. The van der Waals surface area contributed by atoms with E-state index in [1.54, 1.807) is 38.2 Å². The molecule has 19 heavy (non-hydrogen) atoms. The van der Waals surface area contributed by atoms with Crippen LogP contribution in [0.4, 0.5) is 0 Å². The molecule has 0 unspecified atom stereocenters. The first-order valence-electron chi connectivity index (χ1n) is 6.05. The zero-order chi connectivity index (χ0) is 14.4. The molecule has 0 aromatic carbocycles. The lowest BCUT2D eigenvalue weighted by molar-refractivity contribution is 0.408. The second-order valence-electron chi connectivity index (χ2n) is 3.82. The Bertz CT molecular complexity index is 701. The summed E-state index contributed by atoms with van der Waals surface area (Å²) in [5.74, 6) is -0.258. The molecule has 0 saturated heterocycles. The Kier molecular flexibility index (Phi) is 5.12. The van der Waals surface area contributed by atoms with E-state index in [4.69, 9.17) is 4.42 Å². The average molecular weight is 258 g/mol. The predicted molar refractivity (Wildman–Crippen MR) is 79.2 cm³/mol. The highest BCUT2D eigenvalue weighted by Crippen LogP contribution is 2.20. The number of rotatable bonds is 3. The molecular weight excluding hydrogens is 240 g/mol. The minimum Gasteiger partial charge on any atom is -0.502 e. The van der Waals surface area contributed by atoms with Crippen LogP contribution in [0, 0.1) is 0 Å². The van der Waals surface area contributed by atoms with Crippen LogP contribution in [0.3, 0.4) is 0 Å². The molecule has 0 aliphatic rings. The van der Waals surface area contributed by atoms with Crippen LogP contribution in [0.5, 0.6) is 5.75 Å². The Balaban J connectivity index is 3.79. The van der Waals surface area contributed by atoms with Crippen molar-refractivity contribution in [3.05, 3.63) is 57.5 Å². The van der Waals surface area contributed by atoms with E-state index < -0.39 is 11.2 Å². The van der Waals surface area contributed by atoms with Gasteiger partial charge in [-0.15, -0.1) is 0 Å². The Morgan fingerprint density at radius 3 is 2.42 bits per heavy atom. The molecule has 1 rings (SSSR count). The van der Waals surface area contributed by atoms with Crippen molar-refractivity contribution in [1.82, 2.24) is 0 Å². The van der Waals surface area contributed by atoms with Gasteiger partial charge in [0.25, 0.3) is 0 Å². The monoisotopic (exact) mass is 258 g/mol. The Morgan fingerprint density at radius 2 is 1.95 bits per heavy atom. The minimum absolute atomic E-state index is 0.136. The molecule has 0 spiro atoms. The van der Waals surface area contributed by atoms with E-state index in [1.165, 1.54) is 6.08 Å². The van der Waals surface area contributed by atoms with Crippen molar-refractivity contribution in [2.75, 3.05) is 0 Å². The van der Waals surface area contributed by atoms with Gasteiger partial charge >= 0.3 is 0 Å². The topological polar surface area (TPSA) is 50.4 Å². The Hall–Kier alpha value is -2.29. The van der Waals surface area contributed by atoms with Crippen LogP contribution in [0.15, 0.2) is 40.1 Å². The number of hydrogen-bond donors (Lipinski definition) is 1. The van der Waals surface area contributed by atoms with Crippen molar-refractivity contribution >= 4 is 17.7 Å². The molecule has 0 saturated carbocycles. The van der Waals surface area contributed by atoms with Gasteiger partial charge in [0, 0.05) is 5.57 Å². The second-order valence-corrected chi connectivity index (χ2v) is 3.82. The number of allylic oxidation sites excluding steroid dienone is 5. The summed E-state index contributed by atoms with van der Waals surface area (Å²) < 4.78 is 5.60. The van der Waals surface area contributed by atoms with Crippen LogP contribution in [0.2, 0.25) is 0 Å². The van der Waals surface area contributed by atoms with Crippen LogP contribution in [-0.4, -0.2) is 5.11 Å². The summed E-state index contributed by atoms with van der Waals surface area (Å²) in [6, 6.07) is 0. The van der Waals surface area contributed by atoms with Gasteiger partial charge in [-0.25, -0.2) is 0 Å². The highest BCUT2D eigenvalue weighted by atomic mass is 16.4. The Morgan fingerprint density at radius 1 is 1.26 bits per heavy atom.